The zero-order valence-electron chi connectivity index (χ0n) is 13.7. The van der Waals surface area contributed by atoms with E-state index in [9.17, 15) is 4.79 Å². The van der Waals surface area contributed by atoms with Crippen LogP contribution in [0.4, 0.5) is 0 Å². The number of nitrogens with one attached hydrogen (secondary N) is 2. The average molecular weight is 299 g/mol. The lowest BCUT2D eigenvalue weighted by Gasteiger charge is -2.41. The number of hydrogen-bond acceptors (Lipinski definition) is 3. The summed E-state index contributed by atoms with van der Waals surface area (Å²) in [4.78, 5) is 17.6. The number of nitrogens with zero attached hydrogens (tertiary/aromatic N) is 1. The van der Waals surface area contributed by atoms with Crippen LogP contribution in [0.25, 0.3) is 10.9 Å². The summed E-state index contributed by atoms with van der Waals surface area (Å²) >= 11 is 0. The first kappa shape index (κ1) is 15.3. The van der Waals surface area contributed by atoms with Gasteiger partial charge >= 0.3 is 0 Å². The fourth-order valence-electron chi connectivity index (χ4n) is 3.30. The number of rotatable bonds is 3. The topological polar surface area (TPSA) is 48.1 Å². The SMILES string of the molecule is CCc1cc2ccc(C(C)(C)N3CCNCC3)cc2[nH]c1=O. The van der Waals surface area contributed by atoms with E-state index in [1.54, 1.807) is 0 Å². The van der Waals surface area contributed by atoms with Crippen LogP contribution in [0, 0.1) is 0 Å². The zero-order valence-corrected chi connectivity index (χ0v) is 13.7. The zero-order chi connectivity index (χ0) is 15.7. The van der Waals surface area contributed by atoms with E-state index in [0.29, 0.717) is 0 Å². The Kier molecular flexibility index (Phi) is 4.06. The number of aryl methyl sites for hydroxylation is 1. The Balaban J connectivity index is 2.02. The molecule has 0 saturated carbocycles. The quantitative estimate of drug-likeness (QED) is 0.914. The Morgan fingerprint density at radius 3 is 2.59 bits per heavy atom. The summed E-state index contributed by atoms with van der Waals surface area (Å²) in [5.41, 5.74) is 3.04. The fourth-order valence-corrected chi connectivity index (χ4v) is 3.30. The molecule has 1 aromatic heterocycles. The van der Waals surface area contributed by atoms with Crippen molar-refractivity contribution in [3.63, 3.8) is 0 Å². The van der Waals surface area contributed by atoms with Crippen molar-refractivity contribution in [3.8, 4) is 0 Å². The minimum absolute atomic E-state index is 0.0311. The molecule has 1 aliphatic rings. The highest BCUT2D eigenvalue weighted by molar-refractivity contribution is 5.80. The Morgan fingerprint density at radius 1 is 1.18 bits per heavy atom. The Labute approximate surface area is 131 Å². The number of benzene rings is 1. The second-order valence-electron chi connectivity index (χ2n) is 6.58. The van der Waals surface area contributed by atoms with Gasteiger partial charge < -0.3 is 10.3 Å². The van der Waals surface area contributed by atoms with Gasteiger partial charge in [0.05, 0.1) is 0 Å². The Bertz CT molecular complexity index is 727. The molecule has 0 spiro atoms. The predicted molar refractivity (Wildman–Crippen MR) is 91.4 cm³/mol. The fraction of sp³-hybridized carbons (Fsp3) is 0.500. The smallest absolute Gasteiger partial charge is 0.251 e. The van der Waals surface area contributed by atoms with Crippen molar-refractivity contribution in [2.24, 2.45) is 0 Å². The summed E-state index contributed by atoms with van der Waals surface area (Å²) < 4.78 is 0. The first-order valence-corrected chi connectivity index (χ1v) is 8.14. The Morgan fingerprint density at radius 2 is 1.91 bits per heavy atom. The molecular weight excluding hydrogens is 274 g/mol. The largest absolute Gasteiger partial charge is 0.322 e. The summed E-state index contributed by atoms with van der Waals surface area (Å²) in [5, 5.41) is 4.51. The number of fused-ring (bicyclic) bond motifs is 1. The predicted octanol–water partition coefficient (Wildman–Crippen LogP) is 2.23. The van der Waals surface area contributed by atoms with Gasteiger partial charge in [-0.15, -0.1) is 0 Å². The van der Waals surface area contributed by atoms with E-state index in [2.05, 4.69) is 47.2 Å². The van der Waals surface area contributed by atoms with Gasteiger partial charge in [-0.05, 0) is 43.4 Å². The number of aromatic amines is 1. The van der Waals surface area contributed by atoms with Gasteiger partial charge in [-0.3, -0.25) is 9.69 Å². The summed E-state index contributed by atoms with van der Waals surface area (Å²) in [5.74, 6) is 0. The first-order valence-electron chi connectivity index (χ1n) is 8.14. The molecule has 118 valence electrons. The van der Waals surface area contributed by atoms with Crippen LogP contribution < -0.4 is 10.9 Å². The molecule has 22 heavy (non-hydrogen) atoms. The molecule has 0 bridgehead atoms. The number of aromatic nitrogens is 1. The van der Waals surface area contributed by atoms with Gasteiger partial charge in [0, 0.05) is 42.8 Å². The lowest BCUT2D eigenvalue weighted by Crippen LogP contribution is -2.51. The normalized spacial score (nSPS) is 17.0. The lowest BCUT2D eigenvalue weighted by atomic mass is 9.90. The summed E-state index contributed by atoms with van der Waals surface area (Å²) in [7, 11) is 0. The molecule has 3 rings (SSSR count). The van der Waals surface area contributed by atoms with Crippen LogP contribution >= 0.6 is 0 Å². The van der Waals surface area contributed by atoms with E-state index in [1.807, 2.05) is 13.0 Å². The van der Waals surface area contributed by atoms with E-state index in [4.69, 9.17) is 0 Å². The maximum Gasteiger partial charge on any atom is 0.251 e. The average Bonchev–Trinajstić information content (AvgIpc) is 2.54. The monoisotopic (exact) mass is 299 g/mol. The second-order valence-corrected chi connectivity index (χ2v) is 6.58. The molecule has 1 aromatic carbocycles. The second kappa shape index (κ2) is 5.86. The van der Waals surface area contributed by atoms with E-state index >= 15 is 0 Å². The van der Waals surface area contributed by atoms with Crippen LogP contribution in [0.3, 0.4) is 0 Å². The van der Waals surface area contributed by atoms with E-state index in [0.717, 1.165) is 49.1 Å². The van der Waals surface area contributed by atoms with Crippen LogP contribution in [0.5, 0.6) is 0 Å². The molecule has 0 radical (unpaired) electrons. The summed E-state index contributed by atoms with van der Waals surface area (Å²) in [6.07, 6.45) is 0.763. The number of piperazine rings is 1. The molecule has 4 heteroatoms. The van der Waals surface area contributed by atoms with Crippen molar-refractivity contribution in [3.05, 3.63) is 45.7 Å². The van der Waals surface area contributed by atoms with Gasteiger partial charge in [-0.1, -0.05) is 19.1 Å². The minimum atomic E-state index is -0.0311. The van der Waals surface area contributed by atoms with Crippen LogP contribution in [-0.2, 0) is 12.0 Å². The van der Waals surface area contributed by atoms with Gasteiger partial charge in [-0.2, -0.15) is 0 Å². The van der Waals surface area contributed by atoms with Crippen LogP contribution in [0.15, 0.2) is 29.1 Å². The molecule has 2 aromatic rings. The maximum absolute atomic E-state index is 12.1. The van der Waals surface area contributed by atoms with Crippen LogP contribution in [0.1, 0.15) is 31.9 Å². The van der Waals surface area contributed by atoms with Gasteiger partial charge in [0.1, 0.15) is 0 Å². The lowest BCUT2D eigenvalue weighted by molar-refractivity contribution is 0.103. The van der Waals surface area contributed by atoms with Crippen molar-refractivity contribution < 1.29 is 0 Å². The third kappa shape index (κ3) is 2.69. The van der Waals surface area contributed by atoms with Gasteiger partial charge in [0.2, 0.25) is 0 Å². The molecule has 1 fully saturated rings. The van der Waals surface area contributed by atoms with E-state index in [1.165, 1.54) is 5.56 Å². The van der Waals surface area contributed by atoms with Crippen molar-refractivity contribution in [1.82, 2.24) is 15.2 Å². The molecule has 2 heterocycles. The molecule has 2 N–H and O–H groups in total. The standard InChI is InChI=1S/C18H25N3O/c1-4-13-11-14-5-6-15(12-16(14)20-17(13)22)18(2,3)21-9-7-19-8-10-21/h5-6,11-12,19H,4,7-10H2,1-3H3,(H,20,22). The highest BCUT2D eigenvalue weighted by Gasteiger charge is 2.29. The molecule has 4 nitrogen and oxygen atoms in total. The van der Waals surface area contributed by atoms with Crippen LogP contribution in [0.2, 0.25) is 0 Å². The Hall–Kier alpha value is -1.65. The van der Waals surface area contributed by atoms with Crippen molar-refractivity contribution in [2.75, 3.05) is 26.2 Å². The molecule has 1 saturated heterocycles. The molecular formula is C18H25N3O. The van der Waals surface area contributed by atoms with Gasteiger partial charge in [-0.25, -0.2) is 0 Å². The van der Waals surface area contributed by atoms with E-state index < -0.39 is 0 Å². The maximum atomic E-state index is 12.1. The number of H-pyrrole nitrogens is 1. The highest BCUT2D eigenvalue weighted by Crippen LogP contribution is 2.29. The highest BCUT2D eigenvalue weighted by atomic mass is 16.1. The minimum Gasteiger partial charge on any atom is -0.322 e. The van der Waals surface area contributed by atoms with Gasteiger partial charge in [0.25, 0.3) is 5.56 Å². The van der Waals surface area contributed by atoms with Gasteiger partial charge in [0.15, 0.2) is 0 Å². The van der Waals surface area contributed by atoms with E-state index in [-0.39, 0.29) is 11.1 Å². The van der Waals surface area contributed by atoms with Crippen molar-refractivity contribution in [2.45, 2.75) is 32.7 Å². The molecule has 0 unspecified atom stereocenters. The van der Waals surface area contributed by atoms with Crippen molar-refractivity contribution in [1.29, 1.82) is 0 Å². The first-order chi connectivity index (χ1) is 10.5. The molecule has 1 aliphatic heterocycles. The summed E-state index contributed by atoms with van der Waals surface area (Å²) in [6, 6.07) is 8.47. The summed E-state index contributed by atoms with van der Waals surface area (Å²) in [6.45, 7) is 10.7. The number of hydrogen-bond donors (Lipinski definition) is 2. The van der Waals surface area contributed by atoms with Crippen LogP contribution in [-0.4, -0.2) is 36.1 Å². The number of pyridine rings is 1. The molecule has 0 amide bonds. The molecule has 0 aliphatic carbocycles. The third-order valence-electron chi connectivity index (χ3n) is 4.92. The van der Waals surface area contributed by atoms with Crippen molar-refractivity contribution >= 4 is 10.9 Å². The molecule has 0 atom stereocenters. The third-order valence-corrected chi connectivity index (χ3v) is 4.92.